The van der Waals surface area contributed by atoms with Gasteiger partial charge in [0.2, 0.25) is 0 Å². The van der Waals surface area contributed by atoms with Gasteiger partial charge in [0.25, 0.3) is 0 Å². The maximum Gasteiger partial charge on any atom is 0.0972 e. The van der Waals surface area contributed by atoms with E-state index in [0.29, 0.717) is 0 Å². The van der Waals surface area contributed by atoms with Crippen LogP contribution in [0.25, 0.3) is 44.2 Å². The van der Waals surface area contributed by atoms with Crippen LogP contribution in [-0.4, -0.2) is 9.97 Å². The van der Waals surface area contributed by atoms with Crippen molar-refractivity contribution in [3.05, 3.63) is 97.2 Å². The Kier molecular flexibility index (Phi) is 5.23. The molecule has 131 valence electrons. The number of pyridine rings is 2. The molecule has 0 aliphatic carbocycles. The molecule has 5 rings (SSSR count). The van der Waals surface area contributed by atoms with E-state index in [1.54, 1.807) is 0 Å². The van der Waals surface area contributed by atoms with E-state index in [9.17, 15) is 0 Å². The molecule has 2 aromatic heterocycles. The van der Waals surface area contributed by atoms with Crippen LogP contribution in [-0.2, 0) is 0 Å². The Bertz CT molecular complexity index is 1220. The van der Waals surface area contributed by atoms with E-state index < -0.39 is 0 Å². The molecule has 0 amide bonds. The van der Waals surface area contributed by atoms with E-state index in [1.165, 1.54) is 5.56 Å². The van der Waals surface area contributed by atoms with Gasteiger partial charge in [0.05, 0.1) is 16.7 Å². The molecule has 27 heavy (non-hydrogen) atoms. The van der Waals surface area contributed by atoms with Crippen molar-refractivity contribution < 1.29 is 38.6 Å². The number of benzene rings is 3. The minimum atomic E-state index is 0. The third-order valence-corrected chi connectivity index (χ3v) is 4.69. The standard InChI is InChI=1S/C24H16N2.Tb/c1-3-8-17(9-4-1)21-16-20-14-13-19-12-7-15-25-23(19)24(20)26-22(21)18-10-5-2-6-11-18;/h1-16H;. The van der Waals surface area contributed by atoms with Crippen molar-refractivity contribution in [1.82, 2.24) is 9.97 Å². The van der Waals surface area contributed by atoms with Gasteiger partial charge in [-0.2, -0.15) is 0 Å². The van der Waals surface area contributed by atoms with Crippen LogP contribution in [0.5, 0.6) is 0 Å². The maximum atomic E-state index is 5.09. The number of rotatable bonds is 2. The normalized spacial score (nSPS) is 10.7. The SMILES string of the molecule is [Tb].c1ccc(-c2cc3ccc4cccnc4c3nc2-c2ccccc2)cc1. The molecule has 5 aromatic rings. The molecule has 0 unspecified atom stereocenters. The zero-order valence-corrected chi connectivity index (χ0v) is 16.6. The van der Waals surface area contributed by atoms with Crippen molar-refractivity contribution in [3.8, 4) is 22.4 Å². The van der Waals surface area contributed by atoms with Crippen LogP contribution >= 0.6 is 0 Å². The van der Waals surface area contributed by atoms with Crippen molar-refractivity contribution >= 4 is 21.8 Å². The largest absolute Gasteiger partial charge is 0.254 e. The Labute approximate surface area is 188 Å². The van der Waals surface area contributed by atoms with Gasteiger partial charge in [-0.15, -0.1) is 0 Å². The molecule has 1 radical (unpaired) electrons. The van der Waals surface area contributed by atoms with E-state index >= 15 is 0 Å². The van der Waals surface area contributed by atoms with Gasteiger partial charge >= 0.3 is 0 Å². The fraction of sp³-hybridized carbons (Fsp3) is 0. The maximum absolute atomic E-state index is 5.09. The predicted molar refractivity (Wildman–Crippen MR) is 108 cm³/mol. The first-order valence-electron chi connectivity index (χ1n) is 8.69. The molecule has 0 atom stereocenters. The molecular formula is C24H16N2Tb. The van der Waals surface area contributed by atoms with Gasteiger partial charge in [-0.05, 0) is 17.7 Å². The fourth-order valence-corrected chi connectivity index (χ4v) is 3.43. The van der Waals surface area contributed by atoms with Crippen molar-refractivity contribution in [1.29, 1.82) is 0 Å². The van der Waals surface area contributed by atoms with Crippen molar-refractivity contribution in [3.63, 3.8) is 0 Å². The summed E-state index contributed by atoms with van der Waals surface area (Å²) in [5, 5.41) is 2.22. The van der Waals surface area contributed by atoms with Crippen LogP contribution in [0.3, 0.4) is 0 Å². The van der Waals surface area contributed by atoms with E-state index in [1.807, 2.05) is 24.4 Å². The molecule has 0 aliphatic heterocycles. The third kappa shape index (κ3) is 3.37. The van der Waals surface area contributed by atoms with Crippen molar-refractivity contribution in [2.24, 2.45) is 0 Å². The monoisotopic (exact) mass is 491 g/mol. The second-order valence-electron chi connectivity index (χ2n) is 6.33. The fourth-order valence-electron chi connectivity index (χ4n) is 3.43. The van der Waals surface area contributed by atoms with Crippen LogP contribution in [0.1, 0.15) is 0 Å². The summed E-state index contributed by atoms with van der Waals surface area (Å²) in [7, 11) is 0. The molecule has 0 saturated heterocycles. The van der Waals surface area contributed by atoms with Crippen LogP contribution in [0.15, 0.2) is 97.2 Å². The van der Waals surface area contributed by atoms with Crippen LogP contribution in [0, 0.1) is 38.6 Å². The zero-order valence-electron chi connectivity index (χ0n) is 14.5. The van der Waals surface area contributed by atoms with Crippen molar-refractivity contribution in [2.75, 3.05) is 0 Å². The first-order valence-corrected chi connectivity index (χ1v) is 8.69. The molecule has 2 heterocycles. The van der Waals surface area contributed by atoms with Gasteiger partial charge in [-0.1, -0.05) is 78.9 Å². The average molecular weight is 491 g/mol. The molecule has 0 aliphatic rings. The molecule has 0 fully saturated rings. The number of nitrogens with zero attached hydrogens (tertiary/aromatic N) is 2. The second-order valence-corrected chi connectivity index (χ2v) is 6.33. The summed E-state index contributed by atoms with van der Waals surface area (Å²) in [6.45, 7) is 0. The Morgan fingerprint density at radius 3 is 1.96 bits per heavy atom. The van der Waals surface area contributed by atoms with Gasteiger partial charge in [0, 0.05) is 66.7 Å². The summed E-state index contributed by atoms with van der Waals surface area (Å²) in [6, 6.07) is 31.3. The van der Waals surface area contributed by atoms with Gasteiger partial charge in [-0.25, -0.2) is 4.98 Å². The molecule has 3 heteroatoms. The van der Waals surface area contributed by atoms with Crippen LogP contribution in [0.2, 0.25) is 0 Å². The summed E-state index contributed by atoms with van der Waals surface area (Å²) >= 11 is 0. The van der Waals surface area contributed by atoms with Gasteiger partial charge in [-0.3, -0.25) is 4.98 Å². The van der Waals surface area contributed by atoms with Gasteiger partial charge in [0.1, 0.15) is 0 Å². The minimum absolute atomic E-state index is 0. The third-order valence-electron chi connectivity index (χ3n) is 4.69. The van der Waals surface area contributed by atoms with E-state index in [2.05, 4.69) is 77.8 Å². The molecule has 3 aromatic carbocycles. The Morgan fingerprint density at radius 2 is 1.22 bits per heavy atom. The second kappa shape index (κ2) is 7.79. The summed E-state index contributed by atoms with van der Waals surface area (Å²) in [5.74, 6) is 0. The van der Waals surface area contributed by atoms with Crippen molar-refractivity contribution in [2.45, 2.75) is 0 Å². The van der Waals surface area contributed by atoms with Crippen LogP contribution < -0.4 is 0 Å². The topological polar surface area (TPSA) is 25.8 Å². The average Bonchev–Trinajstić information content (AvgIpc) is 2.74. The summed E-state index contributed by atoms with van der Waals surface area (Å²) in [6.07, 6.45) is 1.83. The number of fused-ring (bicyclic) bond motifs is 3. The van der Waals surface area contributed by atoms with Gasteiger partial charge in [0.15, 0.2) is 0 Å². The summed E-state index contributed by atoms with van der Waals surface area (Å²) in [5.41, 5.74) is 6.30. The molecule has 2 nitrogen and oxygen atoms in total. The molecule has 0 N–H and O–H groups in total. The molecular weight excluding hydrogens is 475 g/mol. The minimum Gasteiger partial charge on any atom is -0.254 e. The first kappa shape index (κ1) is 18.1. The van der Waals surface area contributed by atoms with E-state index in [-0.39, 0.29) is 38.6 Å². The number of aromatic nitrogens is 2. The zero-order chi connectivity index (χ0) is 17.3. The first-order chi connectivity index (χ1) is 12.9. The number of hydrogen-bond acceptors (Lipinski definition) is 2. The molecule has 0 saturated carbocycles. The Hall–Kier alpha value is -2.23. The molecule has 0 spiro atoms. The summed E-state index contributed by atoms with van der Waals surface area (Å²) < 4.78 is 0. The summed E-state index contributed by atoms with van der Waals surface area (Å²) in [4.78, 5) is 9.67. The smallest absolute Gasteiger partial charge is 0.0972 e. The predicted octanol–water partition coefficient (Wildman–Crippen LogP) is 6.12. The number of hydrogen-bond donors (Lipinski definition) is 0. The van der Waals surface area contributed by atoms with Crippen LogP contribution in [0.4, 0.5) is 0 Å². The molecule has 0 bridgehead atoms. The Morgan fingerprint density at radius 1 is 0.556 bits per heavy atom. The quantitative estimate of drug-likeness (QED) is 0.278. The van der Waals surface area contributed by atoms with E-state index in [0.717, 1.165) is 38.6 Å². The van der Waals surface area contributed by atoms with Gasteiger partial charge < -0.3 is 0 Å². The van der Waals surface area contributed by atoms with E-state index in [4.69, 9.17) is 4.98 Å². The Balaban J connectivity index is 0.00000180.